The van der Waals surface area contributed by atoms with Gasteiger partial charge in [0.15, 0.2) is 6.10 Å². The Hall–Kier alpha value is -2.11. The number of halogens is 3. The molecule has 2 aromatic carbocycles. The van der Waals surface area contributed by atoms with E-state index in [9.17, 15) is 14.0 Å². The van der Waals surface area contributed by atoms with Crippen molar-refractivity contribution in [2.75, 3.05) is 5.32 Å². The molecule has 0 aliphatic heterocycles. The molecule has 2 rings (SSSR count). The molecule has 0 aliphatic carbocycles. The summed E-state index contributed by atoms with van der Waals surface area (Å²) in [4.78, 5) is 24.1. The normalized spacial score (nSPS) is 11.7. The van der Waals surface area contributed by atoms with Crippen molar-refractivity contribution in [1.82, 2.24) is 0 Å². The molecule has 0 spiro atoms. The number of aryl methyl sites for hydroxylation is 1. The average Bonchev–Trinajstić information content (AvgIpc) is 2.53. The van der Waals surface area contributed by atoms with Gasteiger partial charge in [-0.1, -0.05) is 35.3 Å². The molecule has 2 aromatic rings. The third-order valence-electron chi connectivity index (χ3n) is 3.27. The van der Waals surface area contributed by atoms with Crippen LogP contribution in [-0.2, 0) is 9.53 Å². The highest BCUT2D eigenvalue weighted by atomic mass is 35.5. The van der Waals surface area contributed by atoms with Crippen LogP contribution in [0.4, 0.5) is 10.1 Å². The van der Waals surface area contributed by atoms with Crippen LogP contribution in [0, 0.1) is 12.7 Å². The lowest BCUT2D eigenvalue weighted by molar-refractivity contribution is -0.123. The standard InChI is InChI=1S/C17H14Cl2FNO3/c1-9-6-7-11(8-14(9)20)17(23)24-10(2)16(22)21-15-12(18)4-3-5-13(15)19/h3-8,10H,1-2H3,(H,21,22)/t10-/m0/s1. The van der Waals surface area contributed by atoms with Crippen molar-refractivity contribution in [3.05, 3.63) is 63.4 Å². The minimum Gasteiger partial charge on any atom is -0.449 e. The lowest BCUT2D eigenvalue weighted by atomic mass is 10.1. The molecule has 0 saturated carbocycles. The summed E-state index contributed by atoms with van der Waals surface area (Å²) < 4.78 is 18.5. The van der Waals surface area contributed by atoms with E-state index in [-0.39, 0.29) is 21.3 Å². The minimum absolute atomic E-state index is 0.0218. The summed E-state index contributed by atoms with van der Waals surface area (Å²) >= 11 is 11.9. The van der Waals surface area contributed by atoms with Gasteiger partial charge in [-0.2, -0.15) is 0 Å². The summed E-state index contributed by atoms with van der Waals surface area (Å²) in [5.41, 5.74) is 0.661. The highest BCUT2D eigenvalue weighted by Crippen LogP contribution is 2.30. The maximum Gasteiger partial charge on any atom is 0.339 e. The number of para-hydroxylation sites is 1. The number of hydrogen-bond donors (Lipinski definition) is 1. The maximum absolute atomic E-state index is 13.5. The Balaban J connectivity index is 2.05. The summed E-state index contributed by atoms with van der Waals surface area (Å²) in [6.45, 7) is 2.97. The van der Waals surface area contributed by atoms with E-state index in [0.717, 1.165) is 6.07 Å². The first-order chi connectivity index (χ1) is 11.3. The van der Waals surface area contributed by atoms with E-state index in [1.807, 2.05) is 0 Å². The van der Waals surface area contributed by atoms with Crippen LogP contribution in [0.1, 0.15) is 22.8 Å². The molecule has 0 aliphatic rings. The summed E-state index contributed by atoms with van der Waals surface area (Å²) in [6, 6.07) is 8.71. The van der Waals surface area contributed by atoms with Crippen LogP contribution in [-0.4, -0.2) is 18.0 Å². The summed E-state index contributed by atoms with van der Waals surface area (Å²) in [5.74, 6) is -1.93. The third kappa shape index (κ3) is 4.24. The van der Waals surface area contributed by atoms with E-state index < -0.39 is 23.8 Å². The molecule has 0 saturated heterocycles. The van der Waals surface area contributed by atoms with Crippen LogP contribution in [0.25, 0.3) is 0 Å². The van der Waals surface area contributed by atoms with Crippen LogP contribution in [0.2, 0.25) is 10.0 Å². The van der Waals surface area contributed by atoms with Gasteiger partial charge in [0, 0.05) is 0 Å². The van der Waals surface area contributed by atoms with Gasteiger partial charge >= 0.3 is 5.97 Å². The predicted molar refractivity (Wildman–Crippen MR) is 91.1 cm³/mol. The number of carbonyl (C=O) groups excluding carboxylic acids is 2. The van der Waals surface area contributed by atoms with E-state index in [2.05, 4.69) is 5.32 Å². The van der Waals surface area contributed by atoms with Gasteiger partial charge in [-0.25, -0.2) is 9.18 Å². The van der Waals surface area contributed by atoms with Crippen molar-refractivity contribution in [2.24, 2.45) is 0 Å². The molecule has 0 fully saturated rings. The van der Waals surface area contributed by atoms with Crippen LogP contribution in [0.3, 0.4) is 0 Å². The number of nitrogens with one attached hydrogen (secondary N) is 1. The second-order valence-electron chi connectivity index (χ2n) is 5.10. The van der Waals surface area contributed by atoms with Crippen molar-refractivity contribution < 1.29 is 18.7 Å². The lowest BCUT2D eigenvalue weighted by Gasteiger charge is -2.15. The Morgan fingerprint density at radius 1 is 1.17 bits per heavy atom. The monoisotopic (exact) mass is 369 g/mol. The molecule has 1 atom stereocenters. The van der Waals surface area contributed by atoms with Crippen molar-refractivity contribution in [1.29, 1.82) is 0 Å². The fraction of sp³-hybridized carbons (Fsp3) is 0.176. The van der Waals surface area contributed by atoms with Crippen LogP contribution < -0.4 is 5.32 Å². The van der Waals surface area contributed by atoms with Crippen molar-refractivity contribution in [3.8, 4) is 0 Å². The number of ether oxygens (including phenoxy) is 1. The molecule has 126 valence electrons. The summed E-state index contributed by atoms with van der Waals surface area (Å²) in [7, 11) is 0. The molecule has 0 aromatic heterocycles. The van der Waals surface area contributed by atoms with E-state index in [1.165, 1.54) is 19.1 Å². The first kappa shape index (κ1) is 18.2. The number of esters is 1. The predicted octanol–water partition coefficient (Wildman–Crippen LogP) is 4.62. The first-order valence-corrected chi connectivity index (χ1v) is 7.77. The average molecular weight is 370 g/mol. The topological polar surface area (TPSA) is 55.4 Å². The molecule has 24 heavy (non-hydrogen) atoms. The molecule has 0 bridgehead atoms. The largest absolute Gasteiger partial charge is 0.449 e. The zero-order valence-corrected chi connectivity index (χ0v) is 14.4. The summed E-state index contributed by atoms with van der Waals surface area (Å²) in [5, 5.41) is 3.02. The molecule has 1 N–H and O–H groups in total. The van der Waals surface area contributed by atoms with E-state index >= 15 is 0 Å². The number of hydrogen-bond acceptors (Lipinski definition) is 3. The molecule has 0 unspecified atom stereocenters. The Kier molecular flexibility index (Phi) is 5.80. The van der Waals surface area contributed by atoms with Gasteiger partial charge in [-0.15, -0.1) is 0 Å². The third-order valence-corrected chi connectivity index (χ3v) is 3.90. The van der Waals surface area contributed by atoms with Crippen molar-refractivity contribution >= 4 is 40.8 Å². The fourth-order valence-corrected chi connectivity index (χ4v) is 2.34. The van der Waals surface area contributed by atoms with Gasteiger partial charge in [-0.3, -0.25) is 4.79 Å². The van der Waals surface area contributed by atoms with Crippen LogP contribution in [0.15, 0.2) is 36.4 Å². The molecule has 0 heterocycles. The van der Waals surface area contributed by atoms with E-state index in [4.69, 9.17) is 27.9 Å². The van der Waals surface area contributed by atoms with E-state index in [1.54, 1.807) is 25.1 Å². The number of benzene rings is 2. The van der Waals surface area contributed by atoms with Crippen molar-refractivity contribution in [2.45, 2.75) is 20.0 Å². The zero-order chi connectivity index (χ0) is 17.9. The van der Waals surface area contributed by atoms with Gasteiger partial charge in [-0.05, 0) is 43.7 Å². The van der Waals surface area contributed by atoms with Gasteiger partial charge in [0.2, 0.25) is 0 Å². The smallest absolute Gasteiger partial charge is 0.339 e. The molecular formula is C17H14Cl2FNO3. The Labute approximate surface area is 148 Å². The Morgan fingerprint density at radius 2 is 1.79 bits per heavy atom. The fourth-order valence-electron chi connectivity index (χ4n) is 1.84. The lowest BCUT2D eigenvalue weighted by Crippen LogP contribution is -2.30. The second kappa shape index (κ2) is 7.64. The van der Waals surface area contributed by atoms with Crippen LogP contribution in [0.5, 0.6) is 0 Å². The quantitative estimate of drug-likeness (QED) is 0.799. The van der Waals surface area contributed by atoms with Gasteiger partial charge in [0.1, 0.15) is 5.82 Å². The number of carbonyl (C=O) groups is 2. The zero-order valence-electron chi connectivity index (χ0n) is 12.9. The van der Waals surface area contributed by atoms with Gasteiger partial charge in [0.25, 0.3) is 5.91 Å². The Morgan fingerprint density at radius 3 is 2.38 bits per heavy atom. The number of anilines is 1. The molecule has 7 heteroatoms. The highest BCUT2D eigenvalue weighted by molar-refractivity contribution is 6.39. The molecule has 1 amide bonds. The molecular weight excluding hydrogens is 356 g/mol. The first-order valence-electron chi connectivity index (χ1n) is 7.01. The van der Waals surface area contributed by atoms with Crippen molar-refractivity contribution in [3.63, 3.8) is 0 Å². The highest BCUT2D eigenvalue weighted by Gasteiger charge is 2.21. The SMILES string of the molecule is Cc1ccc(C(=O)O[C@@H](C)C(=O)Nc2c(Cl)cccc2Cl)cc1F. The number of rotatable bonds is 4. The van der Waals surface area contributed by atoms with Gasteiger partial charge in [0.05, 0.1) is 21.3 Å². The molecule has 0 radical (unpaired) electrons. The van der Waals surface area contributed by atoms with Crippen LogP contribution >= 0.6 is 23.2 Å². The summed E-state index contributed by atoms with van der Waals surface area (Å²) in [6.07, 6.45) is -1.12. The maximum atomic E-state index is 13.5. The van der Waals surface area contributed by atoms with E-state index in [0.29, 0.717) is 5.56 Å². The molecule has 4 nitrogen and oxygen atoms in total. The Bertz CT molecular complexity index is 775. The number of amides is 1. The second-order valence-corrected chi connectivity index (χ2v) is 5.91. The van der Waals surface area contributed by atoms with Gasteiger partial charge < -0.3 is 10.1 Å². The minimum atomic E-state index is -1.12.